The van der Waals surface area contributed by atoms with Crippen LogP contribution >= 0.6 is 0 Å². The number of nitrogens with one attached hydrogen (secondary N) is 3. The molecular formula is C29H38FN7O4. The molecule has 220 valence electrons. The highest BCUT2D eigenvalue weighted by atomic mass is 19.1. The van der Waals surface area contributed by atoms with Crippen molar-refractivity contribution in [3.63, 3.8) is 0 Å². The van der Waals surface area contributed by atoms with Crippen molar-refractivity contribution in [1.29, 1.82) is 0 Å². The Labute approximate surface area is 239 Å². The van der Waals surface area contributed by atoms with Gasteiger partial charge in [0.05, 0.1) is 48.9 Å². The smallest absolute Gasteiger partial charge is 0.230 e. The Bertz CT molecular complexity index is 1290. The molecule has 1 amide bonds. The van der Waals surface area contributed by atoms with E-state index < -0.39 is 11.7 Å². The summed E-state index contributed by atoms with van der Waals surface area (Å²) in [5.74, 6) is 0.505. The summed E-state index contributed by atoms with van der Waals surface area (Å²) in [6.45, 7) is 9.98. The number of hydrogen-bond donors (Lipinski definition) is 3. The molecule has 2 aliphatic heterocycles. The Morgan fingerprint density at radius 2 is 1.88 bits per heavy atom. The predicted octanol–water partition coefficient (Wildman–Crippen LogP) is 3.38. The maximum absolute atomic E-state index is 13.7. The average molecular weight is 568 g/mol. The van der Waals surface area contributed by atoms with Crippen molar-refractivity contribution in [2.45, 2.75) is 33.0 Å². The second-order valence-corrected chi connectivity index (χ2v) is 10.6. The molecular weight excluding hydrogens is 529 g/mol. The van der Waals surface area contributed by atoms with Gasteiger partial charge in [-0.3, -0.25) is 9.69 Å². The number of aromatic nitrogens is 4. The van der Waals surface area contributed by atoms with Crippen LogP contribution in [0.3, 0.4) is 0 Å². The predicted molar refractivity (Wildman–Crippen MR) is 151 cm³/mol. The van der Waals surface area contributed by atoms with Crippen LogP contribution in [0.4, 0.5) is 10.3 Å². The number of anilines is 1. The van der Waals surface area contributed by atoms with Crippen LogP contribution in [-0.2, 0) is 19.0 Å². The molecule has 41 heavy (non-hydrogen) atoms. The van der Waals surface area contributed by atoms with E-state index in [9.17, 15) is 9.18 Å². The number of nitrogens with zero attached hydrogens (tertiary/aromatic N) is 4. The first kappa shape index (κ1) is 29.1. The summed E-state index contributed by atoms with van der Waals surface area (Å²) >= 11 is 0. The van der Waals surface area contributed by atoms with Gasteiger partial charge in [0, 0.05) is 37.9 Å². The average Bonchev–Trinajstić information content (AvgIpc) is 3.45. The second kappa shape index (κ2) is 13.5. The summed E-state index contributed by atoms with van der Waals surface area (Å²) < 4.78 is 31.1. The molecule has 2 fully saturated rings. The minimum Gasteiger partial charge on any atom is -0.379 e. The van der Waals surface area contributed by atoms with Gasteiger partial charge >= 0.3 is 0 Å². The minimum atomic E-state index is -0.797. The molecule has 3 N–H and O–H groups in total. The van der Waals surface area contributed by atoms with Crippen LogP contribution in [0.1, 0.15) is 38.8 Å². The quantitative estimate of drug-likeness (QED) is 0.299. The molecule has 0 radical (unpaired) electrons. The third-order valence-corrected chi connectivity index (χ3v) is 7.20. The highest BCUT2D eigenvalue weighted by molar-refractivity contribution is 5.82. The van der Waals surface area contributed by atoms with E-state index >= 15 is 0 Å². The molecule has 4 heterocycles. The maximum Gasteiger partial charge on any atom is 0.230 e. The lowest BCUT2D eigenvalue weighted by Gasteiger charge is -2.35. The number of morpholine rings is 1. The largest absolute Gasteiger partial charge is 0.379 e. The van der Waals surface area contributed by atoms with Crippen LogP contribution in [0.15, 0.2) is 36.5 Å². The van der Waals surface area contributed by atoms with Gasteiger partial charge in [0.15, 0.2) is 5.82 Å². The van der Waals surface area contributed by atoms with Crippen LogP contribution in [0.2, 0.25) is 0 Å². The van der Waals surface area contributed by atoms with Crippen LogP contribution in [-0.4, -0.2) is 89.9 Å². The number of ether oxygens (including phenoxy) is 3. The van der Waals surface area contributed by atoms with Gasteiger partial charge in [-0.05, 0) is 56.6 Å². The van der Waals surface area contributed by atoms with Gasteiger partial charge < -0.3 is 29.8 Å². The van der Waals surface area contributed by atoms with Crippen LogP contribution in [0.5, 0.6) is 0 Å². The number of rotatable bonds is 11. The van der Waals surface area contributed by atoms with Crippen molar-refractivity contribution >= 4 is 11.9 Å². The Balaban J connectivity index is 1.32. The third-order valence-electron chi connectivity index (χ3n) is 7.20. The fourth-order valence-electron chi connectivity index (χ4n) is 4.77. The Morgan fingerprint density at radius 3 is 2.61 bits per heavy atom. The van der Waals surface area contributed by atoms with Gasteiger partial charge in [0.1, 0.15) is 5.82 Å². The molecule has 0 unspecified atom stereocenters. The number of aromatic amines is 1. The number of benzene rings is 1. The van der Waals surface area contributed by atoms with Gasteiger partial charge in [0.25, 0.3) is 0 Å². The normalized spacial score (nSPS) is 21.5. The Morgan fingerprint density at radius 1 is 1.12 bits per heavy atom. The lowest BCUT2D eigenvalue weighted by molar-refractivity contribution is -0.231. The molecule has 5 rings (SSSR count). The number of imidazole rings is 1. The number of H-pyrrole nitrogens is 1. The SMILES string of the molecule is CCCNC(=O)C1(C)COC(c2nc(-c3ccc(F)cc3)c(-c3ccnc(NCCCN4CCOCC4)n3)[nH]2)OC1. The topological polar surface area (TPSA) is 127 Å². The second-order valence-electron chi connectivity index (χ2n) is 10.6. The standard InChI is InChI=1S/C29H38FN7O4/c1-3-10-31-27(38)29(2)18-40-26(41-19-29)25-35-23(20-5-7-21(30)8-6-20)24(36-25)22-9-12-33-28(34-22)32-11-4-13-37-14-16-39-17-15-37/h5-9,12,26H,3-4,10-11,13-19H2,1-2H3,(H,31,38)(H,35,36)(H,32,33,34). The molecule has 11 nitrogen and oxygen atoms in total. The number of carbonyl (C=O) groups excluding carboxylic acids is 1. The molecule has 0 spiro atoms. The van der Waals surface area contributed by atoms with E-state index in [-0.39, 0.29) is 24.9 Å². The molecule has 1 aromatic carbocycles. The first-order chi connectivity index (χ1) is 19.9. The molecule has 0 atom stereocenters. The fraction of sp³-hybridized carbons (Fsp3) is 0.517. The number of carbonyl (C=O) groups is 1. The lowest BCUT2D eigenvalue weighted by Crippen LogP contribution is -2.48. The highest BCUT2D eigenvalue weighted by Gasteiger charge is 2.40. The number of hydrogen-bond acceptors (Lipinski definition) is 9. The highest BCUT2D eigenvalue weighted by Crippen LogP contribution is 2.35. The van der Waals surface area contributed by atoms with E-state index in [0.29, 0.717) is 41.0 Å². The Kier molecular flexibility index (Phi) is 9.55. The van der Waals surface area contributed by atoms with E-state index in [4.69, 9.17) is 24.2 Å². The molecule has 2 saturated heterocycles. The van der Waals surface area contributed by atoms with Crippen LogP contribution in [0.25, 0.3) is 22.6 Å². The summed E-state index contributed by atoms with van der Waals surface area (Å²) in [6.07, 6.45) is 2.70. The summed E-state index contributed by atoms with van der Waals surface area (Å²) in [4.78, 5) is 32.2. The van der Waals surface area contributed by atoms with Crippen LogP contribution < -0.4 is 10.6 Å². The van der Waals surface area contributed by atoms with Crippen molar-refractivity contribution in [2.24, 2.45) is 5.41 Å². The molecule has 0 aliphatic carbocycles. The zero-order chi connectivity index (χ0) is 28.7. The van der Waals surface area contributed by atoms with Crippen molar-refractivity contribution in [1.82, 2.24) is 30.2 Å². The maximum atomic E-state index is 13.7. The van der Waals surface area contributed by atoms with Gasteiger partial charge in [-0.15, -0.1) is 0 Å². The van der Waals surface area contributed by atoms with E-state index in [1.165, 1.54) is 12.1 Å². The first-order valence-corrected chi connectivity index (χ1v) is 14.2. The molecule has 3 aromatic rings. The van der Waals surface area contributed by atoms with Gasteiger partial charge in [-0.2, -0.15) is 0 Å². The van der Waals surface area contributed by atoms with Crippen molar-refractivity contribution in [2.75, 3.05) is 64.5 Å². The lowest BCUT2D eigenvalue weighted by atomic mass is 9.91. The van der Waals surface area contributed by atoms with Crippen molar-refractivity contribution < 1.29 is 23.4 Å². The monoisotopic (exact) mass is 567 g/mol. The summed E-state index contributed by atoms with van der Waals surface area (Å²) in [5, 5.41) is 6.23. The van der Waals surface area contributed by atoms with E-state index in [2.05, 4.69) is 25.5 Å². The number of amides is 1. The van der Waals surface area contributed by atoms with Gasteiger partial charge in [-0.25, -0.2) is 19.3 Å². The van der Waals surface area contributed by atoms with E-state index in [1.807, 2.05) is 13.8 Å². The summed E-state index contributed by atoms with van der Waals surface area (Å²) in [5.41, 5.74) is 1.75. The molecule has 0 bridgehead atoms. The molecule has 2 aromatic heterocycles. The van der Waals surface area contributed by atoms with Crippen molar-refractivity contribution in [3.05, 3.63) is 48.2 Å². The van der Waals surface area contributed by atoms with Crippen LogP contribution in [0, 0.1) is 11.2 Å². The van der Waals surface area contributed by atoms with Gasteiger partial charge in [0.2, 0.25) is 18.1 Å². The zero-order valence-corrected chi connectivity index (χ0v) is 23.6. The third kappa shape index (κ3) is 7.25. The minimum absolute atomic E-state index is 0.101. The van der Waals surface area contributed by atoms with Gasteiger partial charge in [-0.1, -0.05) is 6.92 Å². The van der Waals surface area contributed by atoms with E-state index in [0.717, 1.165) is 52.2 Å². The zero-order valence-electron chi connectivity index (χ0n) is 23.6. The number of halogens is 1. The van der Waals surface area contributed by atoms with E-state index in [1.54, 1.807) is 24.4 Å². The van der Waals surface area contributed by atoms with Crippen molar-refractivity contribution in [3.8, 4) is 22.6 Å². The Hall–Kier alpha value is -3.45. The summed E-state index contributed by atoms with van der Waals surface area (Å²) in [6, 6.07) is 7.91. The fourth-order valence-corrected chi connectivity index (χ4v) is 4.77. The summed E-state index contributed by atoms with van der Waals surface area (Å²) in [7, 11) is 0. The molecule has 2 aliphatic rings. The first-order valence-electron chi connectivity index (χ1n) is 14.2. The molecule has 12 heteroatoms. The molecule has 0 saturated carbocycles.